The van der Waals surface area contributed by atoms with E-state index < -0.39 is 0 Å². The van der Waals surface area contributed by atoms with Crippen molar-refractivity contribution in [2.75, 3.05) is 14.1 Å². The Balaban J connectivity index is 1.62. The second-order valence-electron chi connectivity index (χ2n) is 6.19. The summed E-state index contributed by atoms with van der Waals surface area (Å²) in [5.41, 5.74) is 3.12. The third-order valence-electron chi connectivity index (χ3n) is 4.00. The van der Waals surface area contributed by atoms with Gasteiger partial charge in [-0.3, -0.25) is 14.8 Å². The van der Waals surface area contributed by atoms with Crippen LogP contribution in [0.5, 0.6) is 0 Å². The Morgan fingerprint density at radius 3 is 2.29 bits per heavy atom. The molecule has 28 heavy (non-hydrogen) atoms. The molecule has 0 aliphatic heterocycles. The Hall–Kier alpha value is -3.94. The van der Waals surface area contributed by atoms with Gasteiger partial charge in [-0.05, 0) is 24.3 Å². The monoisotopic (exact) mass is 372 g/mol. The number of benzene rings is 1. The van der Waals surface area contributed by atoms with E-state index >= 15 is 0 Å². The summed E-state index contributed by atoms with van der Waals surface area (Å²) in [6.07, 6.45) is 4.86. The van der Waals surface area contributed by atoms with E-state index in [4.69, 9.17) is 4.42 Å². The van der Waals surface area contributed by atoms with Crippen LogP contribution < -0.4 is 0 Å². The average Bonchev–Trinajstić information content (AvgIpc) is 3.24. The number of carbonyl (C=O) groups excluding carboxylic acids is 1. The van der Waals surface area contributed by atoms with Crippen molar-refractivity contribution in [2.24, 2.45) is 0 Å². The molecule has 0 N–H and O–H groups in total. The van der Waals surface area contributed by atoms with Crippen LogP contribution in [0.1, 0.15) is 10.4 Å². The van der Waals surface area contributed by atoms with Crippen LogP contribution in [0.3, 0.4) is 0 Å². The molecule has 1 aromatic carbocycles. The summed E-state index contributed by atoms with van der Waals surface area (Å²) in [6.45, 7) is 0. The fourth-order valence-corrected chi connectivity index (χ4v) is 2.57. The molecule has 4 rings (SSSR count). The largest absolute Gasteiger partial charge is 0.413 e. The lowest BCUT2D eigenvalue weighted by atomic mass is 10.1. The molecule has 0 aliphatic carbocycles. The quantitative estimate of drug-likeness (QED) is 0.543. The normalized spacial score (nSPS) is 10.6. The SMILES string of the molecule is CN(C)C(=O)c1ccc(-c2cncc(-c3nnc(-c4ccccn4)o3)n2)cc1. The van der Waals surface area contributed by atoms with E-state index in [0.29, 0.717) is 28.5 Å². The number of hydrogen-bond acceptors (Lipinski definition) is 7. The predicted octanol–water partition coefficient (Wildman–Crippen LogP) is 2.96. The highest BCUT2D eigenvalue weighted by Crippen LogP contribution is 2.23. The van der Waals surface area contributed by atoms with Crippen LogP contribution in [0.25, 0.3) is 34.4 Å². The van der Waals surface area contributed by atoms with Crippen LogP contribution >= 0.6 is 0 Å². The summed E-state index contributed by atoms with van der Waals surface area (Å²) in [7, 11) is 3.43. The molecule has 0 saturated heterocycles. The molecule has 4 aromatic rings. The molecule has 0 saturated carbocycles. The van der Waals surface area contributed by atoms with Crippen molar-refractivity contribution in [1.82, 2.24) is 30.0 Å². The molecule has 0 unspecified atom stereocenters. The van der Waals surface area contributed by atoms with E-state index in [2.05, 4.69) is 25.1 Å². The molecule has 8 heteroatoms. The summed E-state index contributed by atoms with van der Waals surface area (Å²) >= 11 is 0. The first-order chi connectivity index (χ1) is 13.6. The number of amides is 1. The van der Waals surface area contributed by atoms with E-state index in [-0.39, 0.29) is 11.8 Å². The molecular formula is C20H16N6O2. The Morgan fingerprint density at radius 2 is 1.61 bits per heavy atom. The van der Waals surface area contributed by atoms with Gasteiger partial charge in [0.1, 0.15) is 11.4 Å². The molecule has 0 radical (unpaired) electrons. The van der Waals surface area contributed by atoms with E-state index in [1.54, 1.807) is 50.9 Å². The van der Waals surface area contributed by atoms with E-state index in [1.807, 2.05) is 24.3 Å². The summed E-state index contributed by atoms with van der Waals surface area (Å²) in [5, 5.41) is 8.07. The molecule has 0 aliphatic rings. The minimum atomic E-state index is -0.0562. The lowest BCUT2D eigenvalue weighted by Gasteiger charge is -2.10. The van der Waals surface area contributed by atoms with Crippen LogP contribution in [-0.4, -0.2) is 50.1 Å². The Bertz CT molecular complexity index is 1110. The highest BCUT2D eigenvalue weighted by atomic mass is 16.4. The molecule has 1 amide bonds. The smallest absolute Gasteiger partial charge is 0.268 e. The minimum Gasteiger partial charge on any atom is -0.413 e. The van der Waals surface area contributed by atoms with Crippen LogP contribution in [0.15, 0.2) is 65.5 Å². The molecule has 3 aromatic heterocycles. The fraction of sp³-hybridized carbons (Fsp3) is 0.100. The number of aromatic nitrogens is 5. The summed E-state index contributed by atoms with van der Waals surface area (Å²) < 4.78 is 5.69. The van der Waals surface area contributed by atoms with Gasteiger partial charge in [-0.25, -0.2) is 4.98 Å². The molecule has 0 fully saturated rings. The van der Waals surface area contributed by atoms with Gasteiger partial charge in [0.25, 0.3) is 17.7 Å². The topological polar surface area (TPSA) is 97.9 Å². The number of rotatable bonds is 4. The van der Waals surface area contributed by atoms with Crippen LogP contribution in [0.4, 0.5) is 0 Å². The average molecular weight is 372 g/mol. The third kappa shape index (κ3) is 3.48. The van der Waals surface area contributed by atoms with Crippen LogP contribution in [0, 0.1) is 0 Å². The second-order valence-corrected chi connectivity index (χ2v) is 6.19. The Kier molecular flexibility index (Phi) is 4.59. The first-order valence-electron chi connectivity index (χ1n) is 8.51. The first kappa shape index (κ1) is 17.5. The van der Waals surface area contributed by atoms with Crippen molar-refractivity contribution >= 4 is 5.91 Å². The summed E-state index contributed by atoms with van der Waals surface area (Å²) in [4.78, 5) is 26.5. The van der Waals surface area contributed by atoms with Gasteiger partial charge in [0.2, 0.25) is 0 Å². The van der Waals surface area contributed by atoms with Crippen molar-refractivity contribution in [1.29, 1.82) is 0 Å². The van der Waals surface area contributed by atoms with Crippen molar-refractivity contribution in [3.63, 3.8) is 0 Å². The van der Waals surface area contributed by atoms with Gasteiger partial charge in [-0.1, -0.05) is 18.2 Å². The number of nitrogens with zero attached hydrogens (tertiary/aromatic N) is 6. The van der Waals surface area contributed by atoms with Crippen molar-refractivity contribution in [3.8, 4) is 34.4 Å². The number of pyridine rings is 1. The van der Waals surface area contributed by atoms with Gasteiger partial charge in [-0.15, -0.1) is 10.2 Å². The highest BCUT2D eigenvalue weighted by molar-refractivity contribution is 5.94. The lowest BCUT2D eigenvalue weighted by Crippen LogP contribution is -2.21. The third-order valence-corrected chi connectivity index (χ3v) is 4.00. The number of carbonyl (C=O) groups is 1. The van der Waals surface area contributed by atoms with Crippen LogP contribution in [0.2, 0.25) is 0 Å². The molecule has 0 bridgehead atoms. The van der Waals surface area contributed by atoms with Gasteiger partial charge in [0.05, 0.1) is 18.1 Å². The van der Waals surface area contributed by atoms with Crippen molar-refractivity contribution in [2.45, 2.75) is 0 Å². The standard InChI is InChI=1S/C20H16N6O2/c1-26(2)20(27)14-8-6-13(7-9-14)16-11-21-12-17(23-16)19-25-24-18(28-19)15-5-3-4-10-22-15/h3-12H,1-2H3. The Morgan fingerprint density at radius 1 is 0.893 bits per heavy atom. The molecule has 3 heterocycles. The van der Waals surface area contributed by atoms with Gasteiger partial charge in [0.15, 0.2) is 0 Å². The molecule has 138 valence electrons. The molecular weight excluding hydrogens is 356 g/mol. The lowest BCUT2D eigenvalue weighted by molar-refractivity contribution is 0.0827. The van der Waals surface area contributed by atoms with Crippen molar-refractivity contribution in [3.05, 3.63) is 66.6 Å². The van der Waals surface area contributed by atoms with Gasteiger partial charge >= 0.3 is 0 Å². The second kappa shape index (κ2) is 7.36. The zero-order valence-corrected chi connectivity index (χ0v) is 15.3. The number of hydrogen-bond donors (Lipinski definition) is 0. The van der Waals surface area contributed by atoms with Gasteiger partial charge in [0, 0.05) is 31.4 Å². The van der Waals surface area contributed by atoms with Crippen LogP contribution in [-0.2, 0) is 0 Å². The maximum atomic E-state index is 12.0. The van der Waals surface area contributed by atoms with Gasteiger partial charge in [-0.2, -0.15) is 0 Å². The minimum absolute atomic E-state index is 0.0562. The van der Waals surface area contributed by atoms with E-state index in [9.17, 15) is 4.79 Å². The van der Waals surface area contributed by atoms with E-state index in [1.165, 1.54) is 4.90 Å². The maximum Gasteiger partial charge on any atom is 0.268 e. The molecule has 0 spiro atoms. The predicted molar refractivity (Wildman–Crippen MR) is 102 cm³/mol. The van der Waals surface area contributed by atoms with Gasteiger partial charge < -0.3 is 9.32 Å². The van der Waals surface area contributed by atoms with Crippen molar-refractivity contribution < 1.29 is 9.21 Å². The summed E-state index contributed by atoms with van der Waals surface area (Å²) in [6, 6.07) is 12.6. The maximum absolute atomic E-state index is 12.0. The van der Waals surface area contributed by atoms with E-state index in [0.717, 1.165) is 5.56 Å². The zero-order valence-electron chi connectivity index (χ0n) is 15.3. The Labute approximate surface area is 160 Å². The summed E-state index contributed by atoms with van der Waals surface area (Å²) in [5.74, 6) is 0.517. The highest BCUT2D eigenvalue weighted by Gasteiger charge is 2.14. The molecule has 8 nitrogen and oxygen atoms in total. The zero-order chi connectivity index (χ0) is 19.5. The molecule has 0 atom stereocenters. The fourth-order valence-electron chi connectivity index (χ4n) is 2.57. The first-order valence-corrected chi connectivity index (χ1v) is 8.51.